The number of rotatable bonds is 2. The zero-order chi connectivity index (χ0) is 15.8. The minimum atomic E-state index is -0.583. The van der Waals surface area contributed by atoms with Crippen LogP contribution in [0.25, 0.3) is 0 Å². The van der Waals surface area contributed by atoms with Crippen molar-refractivity contribution in [3.8, 4) is 0 Å². The van der Waals surface area contributed by atoms with E-state index in [0.717, 1.165) is 6.42 Å². The van der Waals surface area contributed by atoms with Crippen LogP contribution in [0, 0.1) is 28.9 Å². The minimum absolute atomic E-state index is 0.0253. The van der Waals surface area contributed by atoms with Crippen molar-refractivity contribution in [3.05, 3.63) is 33.8 Å². The van der Waals surface area contributed by atoms with E-state index in [1.54, 1.807) is 0 Å². The lowest BCUT2D eigenvalue weighted by Gasteiger charge is -2.37. The highest BCUT2D eigenvalue weighted by Crippen LogP contribution is 2.40. The highest BCUT2D eigenvalue weighted by Gasteiger charge is 2.35. The molecule has 0 saturated heterocycles. The molecule has 0 bridgehead atoms. The van der Waals surface area contributed by atoms with Crippen LogP contribution in [-0.4, -0.2) is 5.78 Å². The molecule has 0 N–H and O–H groups in total. The molecule has 1 aromatic rings. The van der Waals surface area contributed by atoms with E-state index in [2.05, 4.69) is 36.7 Å². The number of benzene rings is 1. The first-order valence-corrected chi connectivity index (χ1v) is 8.14. The molecule has 1 nitrogen and oxygen atoms in total. The summed E-state index contributed by atoms with van der Waals surface area (Å²) in [7, 11) is 0. The van der Waals surface area contributed by atoms with Gasteiger partial charge in [-0.25, -0.2) is 8.78 Å². The molecule has 1 aliphatic carbocycles. The Hall–Kier alpha value is -0.770. The number of ketones is 1. The van der Waals surface area contributed by atoms with E-state index in [1.807, 2.05) is 0 Å². The van der Waals surface area contributed by atoms with E-state index in [0.29, 0.717) is 18.8 Å². The Morgan fingerprint density at radius 1 is 1.29 bits per heavy atom. The van der Waals surface area contributed by atoms with Crippen LogP contribution < -0.4 is 0 Å². The normalized spacial score (nSPS) is 23.4. The third-order valence-corrected chi connectivity index (χ3v) is 5.19. The van der Waals surface area contributed by atoms with Gasteiger partial charge in [-0.15, -0.1) is 0 Å². The summed E-state index contributed by atoms with van der Waals surface area (Å²) in [6.45, 7) is 6.47. The number of Topliss-reactive ketones (excluding diaryl/α,β-unsaturated/α-hetero) is 1. The quantitative estimate of drug-likeness (QED) is 0.655. The predicted molar refractivity (Wildman–Crippen MR) is 83.1 cm³/mol. The maximum Gasteiger partial charge on any atom is 0.143 e. The fraction of sp³-hybridized carbons (Fsp3) is 0.588. The fourth-order valence-electron chi connectivity index (χ4n) is 3.10. The van der Waals surface area contributed by atoms with Crippen LogP contribution >= 0.6 is 15.9 Å². The lowest BCUT2D eigenvalue weighted by atomic mass is 9.67. The zero-order valence-electron chi connectivity index (χ0n) is 12.7. The third-order valence-electron chi connectivity index (χ3n) is 4.58. The van der Waals surface area contributed by atoms with E-state index in [4.69, 9.17) is 0 Å². The molecule has 0 heterocycles. The predicted octanol–water partition coefficient (Wildman–Crippen LogP) is 5.30. The number of carbonyl (C=O) groups excluding carboxylic acids is 1. The monoisotopic (exact) mass is 358 g/mol. The molecule has 116 valence electrons. The standard InChI is InChI=1S/C17H21BrF2O/c1-17(2,3)11-4-7-15(21)10(8-11)9-12-14(19)6-5-13(18)16(12)20/h5-6,10-11H,4,7-9H2,1-3H3. The first-order chi connectivity index (χ1) is 9.70. The average Bonchev–Trinajstić information content (AvgIpc) is 2.40. The molecule has 2 rings (SSSR count). The van der Waals surface area contributed by atoms with Crippen LogP contribution in [0.4, 0.5) is 8.78 Å². The summed E-state index contributed by atoms with van der Waals surface area (Å²) in [5, 5.41) is 0. The van der Waals surface area contributed by atoms with Crippen molar-refractivity contribution in [2.45, 2.75) is 46.5 Å². The van der Waals surface area contributed by atoms with Crippen LogP contribution in [0.15, 0.2) is 16.6 Å². The van der Waals surface area contributed by atoms with Crippen molar-refractivity contribution in [2.75, 3.05) is 0 Å². The van der Waals surface area contributed by atoms with Gasteiger partial charge in [0.1, 0.15) is 17.4 Å². The van der Waals surface area contributed by atoms with Gasteiger partial charge in [-0.2, -0.15) is 0 Å². The van der Waals surface area contributed by atoms with Gasteiger partial charge in [0.2, 0.25) is 0 Å². The Morgan fingerprint density at radius 3 is 2.57 bits per heavy atom. The first-order valence-electron chi connectivity index (χ1n) is 7.35. The second-order valence-electron chi connectivity index (χ2n) is 7.03. The number of hydrogen-bond donors (Lipinski definition) is 0. The van der Waals surface area contributed by atoms with Gasteiger partial charge in [0.15, 0.2) is 0 Å². The Kier molecular flexibility index (Phi) is 4.86. The molecule has 1 aliphatic rings. The molecule has 0 radical (unpaired) electrons. The van der Waals surface area contributed by atoms with Gasteiger partial charge in [0.05, 0.1) is 4.47 Å². The summed E-state index contributed by atoms with van der Waals surface area (Å²) in [6.07, 6.45) is 2.27. The van der Waals surface area contributed by atoms with Crippen LogP contribution in [0.3, 0.4) is 0 Å². The maximum absolute atomic E-state index is 14.1. The average molecular weight is 359 g/mol. The smallest absolute Gasteiger partial charge is 0.143 e. The number of carbonyl (C=O) groups is 1. The molecule has 0 aliphatic heterocycles. The highest BCUT2D eigenvalue weighted by atomic mass is 79.9. The van der Waals surface area contributed by atoms with Gasteiger partial charge in [-0.3, -0.25) is 4.79 Å². The van der Waals surface area contributed by atoms with Gasteiger partial charge in [-0.05, 0) is 58.7 Å². The maximum atomic E-state index is 14.1. The molecule has 1 aromatic carbocycles. The topological polar surface area (TPSA) is 17.1 Å². The summed E-state index contributed by atoms with van der Waals surface area (Å²) in [5.74, 6) is -0.879. The molecule has 4 heteroatoms. The number of hydrogen-bond acceptors (Lipinski definition) is 1. The molecule has 0 amide bonds. The Bertz CT molecular complexity index is 548. The number of halogens is 3. The van der Waals surface area contributed by atoms with Crippen molar-refractivity contribution in [1.82, 2.24) is 0 Å². The van der Waals surface area contributed by atoms with Crippen LogP contribution in [0.2, 0.25) is 0 Å². The Labute approximate surface area is 133 Å². The molecule has 21 heavy (non-hydrogen) atoms. The Morgan fingerprint density at radius 2 is 1.95 bits per heavy atom. The summed E-state index contributed by atoms with van der Waals surface area (Å²) >= 11 is 3.08. The molecule has 2 unspecified atom stereocenters. The van der Waals surface area contributed by atoms with Crippen molar-refractivity contribution in [1.29, 1.82) is 0 Å². The molecular weight excluding hydrogens is 338 g/mol. The van der Waals surface area contributed by atoms with E-state index >= 15 is 0 Å². The lowest BCUT2D eigenvalue weighted by molar-refractivity contribution is -0.126. The van der Waals surface area contributed by atoms with Gasteiger partial charge < -0.3 is 0 Å². The second-order valence-corrected chi connectivity index (χ2v) is 7.88. The second kappa shape index (κ2) is 6.15. The molecule has 1 saturated carbocycles. The van der Waals surface area contributed by atoms with Gasteiger partial charge in [-0.1, -0.05) is 20.8 Å². The van der Waals surface area contributed by atoms with Crippen molar-refractivity contribution in [2.24, 2.45) is 17.3 Å². The summed E-state index contributed by atoms with van der Waals surface area (Å²) in [5.41, 5.74) is 0.144. The molecule has 1 fully saturated rings. The van der Waals surface area contributed by atoms with E-state index in [-0.39, 0.29) is 33.6 Å². The SMILES string of the molecule is CC(C)(C)C1CCC(=O)C(Cc2c(F)ccc(Br)c2F)C1. The van der Waals surface area contributed by atoms with Crippen LogP contribution in [0.1, 0.15) is 45.6 Å². The third kappa shape index (κ3) is 3.71. The van der Waals surface area contributed by atoms with Crippen LogP contribution in [0.5, 0.6) is 0 Å². The summed E-state index contributed by atoms with van der Waals surface area (Å²) < 4.78 is 28.2. The molecular formula is C17H21BrF2O. The Balaban J connectivity index is 2.22. The molecule has 0 aromatic heterocycles. The molecule has 2 atom stereocenters. The summed E-state index contributed by atoms with van der Waals surface area (Å²) in [4.78, 5) is 12.1. The first kappa shape index (κ1) is 16.6. The lowest BCUT2D eigenvalue weighted by Crippen LogP contribution is -2.33. The van der Waals surface area contributed by atoms with E-state index in [9.17, 15) is 13.6 Å². The van der Waals surface area contributed by atoms with E-state index in [1.165, 1.54) is 12.1 Å². The van der Waals surface area contributed by atoms with Crippen molar-refractivity contribution in [3.63, 3.8) is 0 Å². The largest absolute Gasteiger partial charge is 0.299 e. The fourth-order valence-corrected chi connectivity index (χ4v) is 3.47. The summed E-state index contributed by atoms with van der Waals surface area (Å²) in [6, 6.07) is 2.60. The van der Waals surface area contributed by atoms with E-state index < -0.39 is 11.6 Å². The molecule has 0 spiro atoms. The van der Waals surface area contributed by atoms with Gasteiger partial charge >= 0.3 is 0 Å². The van der Waals surface area contributed by atoms with Gasteiger partial charge in [0, 0.05) is 17.9 Å². The van der Waals surface area contributed by atoms with Crippen molar-refractivity contribution >= 4 is 21.7 Å². The zero-order valence-corrected chi connectivity index (χ0v) is 14.3. The van der Waals surface area contributed by atoms with Gasteiger partial charge in [0.25, 0.3) is 0 Å². The van der Waals surface area contributed by atoms with Crippen LogP contribution in [-0.2, 0) is 11.2 Å². The van der Waals surface area contributed by atoms with Crippen molar-refractivity contribution < 1.29 is 13.6 Å². The minimum Gasteiger partial charge on any atom is -0.299 e. The highest BCUT2D eigenvalue weighted by molar-refractivity contribution is 9.10.